The standard InChI is InChI=1S/C21H15Cl3N2O2S2/c1-11-8-18(26-30(27,28)15-5-3-4-14(22)10-15)20-19(12(2)29-21(20)25-11)13-6-7-16(23)17(24)9-13/h3-10H,1-2H3,(H,25,26). The maximum Gasteiger partial charge on any atom is 0.261 e. The fraction of sp³-hybridized carbons (Fsp3) is 0.0952. The summed E-state index contributed by atoms with van der Waals surface area (Å²) in [6.45, 7) is 3.79. The average molecular weight is 498 g/mol. The average Bonchev–Trinajstić information content (AvgIpc) is 2.99. The number of sulfonamides is 1. The summed E-state index contributed by atoms with van der Waals surface area (Å²) >= 11 is 19.8. The lowest BCUT2D eigenvalue weighted by atomic mass is 10.0. The SMILES string of the molecule is Cc1cc(NS(=O)(=O)c2cccc(Cl)c2)c2c(-c3ccc(Cl)c(Cl)c3)c(C)sc2n1. The molecule has 0 aliphatic rings. The highest BCUT2D eigenvalue weighted by Gasteiger charge is 2.21. The summed E-state index contributed by atoms with van der Waals surface area (Å²) in [6, 6.07) is 13.2. The zero-order valence-corrected chi connectivity index (χ0v) is 19.7. The molecule has 30 heavy (non-hydrogen) atoms. The number of nitrogens with one attached hydrogen (secondary N) is 1. The zero-order chi connectivity index (χ0) is 21.6. The molecule has 1 N–H and O–H groups in total. The van der Waals surface area contributed by atoms with Gasteiger partial charge in [0.25, 0.3) is 10.0 Å². The van der Waals surface area contributed by atoms with E-state index in [1.807, 2.05) is 19.9 Å². The molecule has 4 nitrogen and oxygen atoms in total. The number of thiophene rings is 1. The Hall–Kier alpha value is -1.83. The van der Waals surface area contributed by atoms with Gasteiger partial charge in [-0.15, -0.1) is 11.3 Å². The highest BCUT2D eigenvalue weighted by molar-refractivity contribution is 7.92. The molecule has 2 aromatic heterocycles. The van der Waals surface area contributed by atoms with Gasteiger partial charge < -0.3 is 0 Å². The summed E-state index contributed by atoms with van der Waals surface area (Å²) in [5.41, 5.74) is 2.85. The molecule has 154 valence electrons. The van der Waals surface area contributed by atoms with E-state index in [9.17, 15) is 8.42 Å². The van der Waals surface area contributed by atoms with Crippen molar-refractivity contribution in [2.45, 2.75) is 18.7 Å². The van der Waals surface area contributed by atoms with E-state index in [0.717, 1.165) is 20.8 Å². The van der Waals surface area contributed by atoms with Crippen molar-refractivity contribution >= 4 is 72.1 Å². The molecule has 0 amide bonds. The van der Waals surface area contributed by atoms with Gasteiger partial charge >= 0.3 is 0 Å². The highest BCUT2D eigenvalue weighted by atomic mass is 35.5. The number of aryl methyl sites for hydroxylation is 2. The number of fused-ring (bicyclic) bond motifs is 1. The molecule has 2 aromatic carbocycles. The van der Waals surface area contributed by atoms with Crippen LogP contribution in [0.1, 0.15) is 10.6 Å². The fourth-order valence-corrected chi connectivity index (χ4v) is 6.03. The Balaban J connectivity index is 1.93. The first-order chi connectivity index (χ1) is 14.2. The van der Waals surface area contributed by atoms with Crippen LogP contribution in [-0.2, 0) is 10.0 Å². The van der Waals surface area contributed by atoms with Crippen LogP contribution < -0.4 is 4.72 Å². The number of rotatable bonds is 4. The monoisotopic (exact) mass is 496 g/mol. The number of hydrogen-bond donors (Lipinski definition) is 1. The van der Waals surface area contributed by atoms with Gasteiger partial charge in [-0.2, -0.15) is 0 Å². The number of aromatic nitrogens is 1. The molecule has 0 radical (unpaired) electrons. The maximum absolute atomic E-state index is 13.0. The lowest BCUT2D eigenvalue weighted by Crippen LogP contribution is -2.13. The van der Waals surface area contributed by atoms with Crippen LogP contribution in [0.4, 0.5) is 5.69 Å². The third-order valence-corrected chi connectivity index (χ3v) is 7.86. The van der Waals surface area contributed by atoms with Gasteiger partial charge in [-0.3, -0.25) is 4.72 Å². The molecule has 0 spiro atoms. The van der Waals surface area contributed by atoms with Crippen molar-refractivity contribution < 1.29 is 8.42 Å². The van der Waals surface area contributed by atoms with Crippen molar-refractivity contribution in [1.29, 1.82) is 0 Å². The Morgan fingerprint density at radius 2 is 1.73 bits per heavy atom. The summed E-state index contributed by atoms with van der Waals surface area (Å²) in [4.78, 5) is 6.41. The first-order valence-corrected chi connectivity index (χ1v) is 12.2. The van der Waals surface area contributed by atoms with Gasteiger partial charge in [0.2, 0.25) is 0 Å². The minimum absolute atomic E-state index is 0.0839. The highest BCUT2D eigenvalue weighted by Crippen LogP contribution is 2.43. The number of hydrogen-bond acceptors (Lipinski definition) is 4. The van der Waals surface area contributed by atoms with Crippen LogP contribution in [0.15, 0.2) is 53.4 Å². The molecule has 0 bridgehead atoms. The second-order valence-corrected chi connectivity index (χ2v) is 10.9. The Bertz CT molecular complexity index is 1400. The molecule has 4 aromatic rings. The molecule has 0 aliphatic carbocycles. The third-order valence-electron chi connectivity index (χ3n) is 4.53. The van der Waals surface area contributed by atoms with Crippen LogP contribution in [0.5, 0.6) is 0 Å². The molecule has 0 fully saturated rings. The van der Waals surface area contributed by atoms with Gasteiger partial charge in [-0.25, -0.2) is 13.4 Å². The molecule has 0 saturated heterocycles. The molecule has 0 aliphatic heterocycles. The minimum Gasteiger partial charge on any atom is -0.279 e. The predicted octanol–water partition coefficient (Wildman–Crippen LogP) is 7.34. The number of benzene rings is 2. The van der Waals surface area contributed by atoms with E-state index in [1.54, 1.807) is 30.3 Å². The Labute approximate surface area is 193 Å². The quantitative estimate of drug-likeness (QED) is 0.321. The molecule has 2 heterocycles. The van der Waals surface area contributed by atoms with Gasteiger partial charge in [-0.1, -0.05) is 46.9 Å². The van der Waals surface area contributed by atoms with Crippen LogP contribution in [0.25, 0.3) is 21.3 Å². The molecule has 0 unspecified atom stereocenters. The molecule has 9 heteroatoms. The lowest BCUT2D eigenvalue weighted by molar-refractivity contribution is 0.601. The van der Waals surface area contributed by atoms with Gasteiger partial charge in [0.15, 0.2) is 0 Å². The molecule has 4 rings (SSSR count). The van der Waals surface area contributed by atoms with E-state index in [1.165, 1.54) is 23.5 Å². The second-order valence-electron chi connectivity index (χ2n) is 6.72. The summed E-state index contributed by atoms with van der Waals surface area (Å²) in [7, 11) is -3.85. The van der Waals surface area contributed by atoms with E-state index >= 15 is 0 Å². The summed E-state index contributed by atoms with van der Waals surface area (Å²) in [5, 5.41) is 1.94. The number of halogens is 3. The van der Waals surface area contributed by atoms with E-state index in [4.69, 9.17) is 34.8 Å². The van der Waals surface area contributed by atoms with Gasteiger partial charge in [0.1, 0.15) is 4.83 Å². The topological polar surface area (TPSA) is 59.1 Å². The number of nitrogens with zero attached hydrogens (tertiary/aromatic N) is 1. The van der Waals surface area contributed by atoms with E-state index in [-0.39, 0.29) is 4.90 Å². The van der Waals surface area contributed by atoms with Crippen molar-refractivity contribution in [3.63, 3.8) is 0 Å². The van der Waals surface area contributed by atoms with E-state index in [2.05, 4.69) is 9.71 Å². The zero-order valence-electron chi connectivity index (χ0n) is 15.8. The first kappa shape index (κ1) is 21.4. The van der Waals surface area contributed by atoms with Crippen LogP contribution >= 0.6 is 46.1 Å². The van der Waals surface area contributed by atoms with Gasteiger partial charge in [0, 0.05) is 26.5 Å². The Morgan fingerprint density at radius 1 is 0.967 bits per heavy atom. The number of pyridine rings is 1. The van der Waals surface area contributed by atoms with Crippen LogP contribution in [0.2, 0.25) is 15.1 Å². The number of anilines is 1. The second kappa shape index (κ2) is 8.02. The molecule has 0 saturated carbocycles. The Morgan fingerprint density at radius 3 is 2.43 bits per heavy atom. The first-order valence-electron chi connectivity index (χ1n) is 8.80. The van der Waals surface area contributed by atoms with Crippen molar-refractivity contribution in [2.24, 2.45) is 0 Å². The largest absolute Gasteiger partial charge is 0.279 e. The fourth-order valence-electron chi connectivity index (χ4n) is 3.25. The molecular formula is C21H15Cl3N2O2S2. The summed E-state index contributed by atoms with van der Waals surface area (Å²) in [6.07, 6.45) is 0. The predicted molar refractivity (Wildman–Crippen MR) is 127 cm³/mol. The van der Waals surface area contributed by atoms with Crippen LogP contribution in [0.3, 0.4) is 0 Å². The molecule has 0 atom stereocenters. The van der Waals surface area contributed by atoms with Crippen molar-refractivity contribution in [1.82, 2.24) is 4.98 Å². The van der Waals surface area contributed by atoms with E-state index < -0.39 is 10.0 Å². The smallest absolute Gasteiger partial charge is 0.261 e. The normalized spacial score (nSPS) is 11.8. The van der Waals surface area contributed by atoms with Gasteiger partial charge in [0.05, 0.1) is 20.6 Å². The molecular weight excluding hydrogens is 483 g/mol. The Kier molecular flexibility index (Phi) is 5.72. The van der Waals surface area contributed by atoms with Gasteiger partial charge in [-0.05, 0) is 55.8 Å². The summed E-state index contributed by atoms with van der Waals surface area (Å²) in [5.74, 6) is 0. The lowest BCUT2D eigenvalue weighted by Gasteiger charge is -2.12. The van der Waals surface area contributed by atoms with E-state index in [0.29, 0.717) is 31.8 Å². The summed E-state index contributed by atoms with van der Waals surface area (Å²) < 4.78 is 28.8. The van der Waals surface area contributed by atoms with Crippen molar-refractivity contribution in [2.75, 3.05) is 4.72 Å². The third kappa shape index (κ3) is 4.03. The van der Waals surface area contributed by atoms with Crippen molar-refractivity contribution in [3.05, 3.63) is 74.2 Å². The van der Waals surface area contributed by atoms with Crippen LogP contribution in [-0.4, -0.2) is 13.4 Å². The maximum atomic E-state index is 13.0. The van der Waals surface area contributed by atoms with Crippen molar-refractivity contribution in [3.8, 4) is 11.1 Å². The minimum atomic E-state index is -3.85. The van der Waals surface area contributed by atoms with Crippen LogP contribution in [0, 0.1) is 13.8 Å².